The summed E-state index contributed by atoms with van der Waals surface area (Å²) in [7, 11) is 0.973. The van der Waals surface area contributed by atoms with Crippen molar-refractivity contribution in [3.8, 4) is 6.07 Å². The molecule has 5 aromatic rings. The number of alkyl halides is 4. The van der Waals surface area contributed by atoms with Crippen LogP contribution >= 0.6 is 31.9 Å². The summed E-state index contributed by atoms with van der Waals surface area (Å²) >= 11 is 6.25. The minimum absolute atomic E-state index is 0.265. The number of nitriles is 1. The Kier molecular flexibility index (Phi) is 16.7. The number of carbonyl (C=O) groups excluding carboxylic acids is 1. The number of para-hydroxylation sites is 1. The Bertz CT molecular complexity index is 2290. The Morgan fingerprint density at radius 1 is 0.966 bits per heavy atom. The maximum atomic E-state index is 12.0. The number of aryl methyl sites for hydroxylation is 1. The molecular weight excluding hydrogens is 898 g/mol. The number of aromatic nitrogens is 1. The first kappa shape index (κ1) is 48.8. The highest BCUT2D eigenvalue weighted by Crippen LogP contribution is 2.37. The number of benzene rings is 3. The maximum absolute atomic E-state index is 12.0. The molecular formula is C43H47BBr2F3N3O7. The molecule has 1 fully saturated rings. The first-order valence-electron chi connectivity index (χ1n) is 18.2. The van der Waals surface area contributed by atoms with Crippen molar-refractivity contribution >= 4 is 67.3 Å². The molecule has 59 heavy (non-hydrogen) atoms. The molecule has 16 heteroatoms. The van der Waals surface area contributed by atoms with Gasteiger partial charge in [0, 0.05) is 22.1 Å². The monoisotopic (exact) mass is 943 g/mol. The summed E-state index contributed by atoms with van der Waals surface area (Å²) in [4.78, 5) is 27.5. The van der Waals surface area contributed by atoms with Crippen LogP contribution in [-0.4, -0.2) is 47.5 Å². The van der Waals surface area contributed by atoms with Crippen LogP contribution in [0.2, 0.25) is 0 Å². The van der Waals surface area contributed by atoms with Crippen molar-refractivity contribution in [1.82, 2.24) is 4.98 Å². The second-order valence-corrected chi connectivity index (χ2v) is 16.3. The predicted molar refractivity (Wildman–Crippen MR) is 228 cm³/mol. The molecule has 10 nitrogen and oxygen atoms in total. The lowest BCUT2D eigenvalue weighted by Gasteiger charge is -2.32. The Balaban J connectivity index is 0.000000220. The second kappa shape index (κ2) is 20.2. The number of halogens is 5. The number of hydrogen-bond acceptors (Lipinski definition) is 9. The summed E-state index contributed by atoms with van der Waals surface area (Å²) in [5.41, 5.74) is 9.85. The lowest BCUT2D eigenvalue weighted by atomic mass is 9.75. The fourth-order valence-corrected chi connectivity index (χ4v) is 6.23. The minimum atomic E-state index is -4.37. The zero-order valence-corrected chi connectivity index (χ0v) is 37.4. The Morgan fingerprint density at radius 3 is 2.10 bits per heavy atom. The van der Waals surface area contributed by atoms with Crippen LogP contribution in [0.25, 0.3) is 10.9 Å². The van der Waals surface area contributed by atoms with Crippen molar-refractivity contribution in [1.29, 1.82) is 5.26 Å². The molecule has 6 rings (SSSR count). The Labute approximate surface area is 359 Å². The maximum Gasteiger partial charge on any atom is 0.494 e. The second-order valence-electron chi connectivity index (χ2n) is 14.9. The van der Waals surface area contributed by atoms with Gasteiger partial charge in [-0.3, -0.25) is 9.78 Å². The van der Waals surface area contributed by atoms with E-state index in [0.717, 1.165) is 43.9 Å². The molecule has 0 spiro atoms. The van der Waals surface area contributed by atoms with E-state index < -0.39 is 30.4 Å². The number of nitrogens with two attached hydrogens (primary N) is 1. The van der Waals surface area contributed by atoms with Crippen molar-refractivity contribution in [2.45, 2.75) is 90.1 Å². The fraction of sp³-hybridized carbons (Fsp3) is 0.349. The molecule has 0 saturated carbocycles. The van der Waals surface area contributed by atoms with Gasteiger partial charge < -0.3 is 29.3 Å². The smallest absolute Gasteiger partial charge is 0.478 e. The van der Waals surface area contributed by atoms with E-state index in [2.05, 4.69) is 47.3 Å². The summed E-state index contributed by atoms with van der Waals surface area (Å²) < 4.78 is 57.9. The molecule has 1 saturated heterocycles. The largest absolute Gasteiger partial charge is 0.494 e. The van der Waals surface area contributed by atoms with E-state index in [1.165, 1.54) is 13.2 Å². The van der Waals surface area contributed by atoms with E-state index in [4.69, 9.17) is 30.1 Å². The highest BCUT2D eigenvalue weighted by molar-refractivity contribution is 9.10. The van der Waals surface area contributed by atoms with Gasteiger partial charge in [0.15, 0.2) is 0 Å². The van der Waals surface area contributed by atoms with Crippen LogP contribution in [0, 0.1) is 25.2 Å². The molecule has 3 heterocycles. The number of carbonyl (C=O) groups is 2. The average molecular weight is 945 g/mol. The SMILES string of the molecule is COC(=O)C(C)(C)c1cccc(B2OC(C)(C)C(C)(C)O2)c1.Cc1nc2ccccc2c(C(=O)O)c1C.FC(F)(F)c1ccc(CBr)o1.N#Cc1cc(Br)ccc1CN. The summed E-state index contributed by atoms with van der Waals surface area (Å²) in [5, 5.41) is 18.8. The van der Waals surface area contributed by atoms with Crippen LogP contribution in [0.1, 0.15) is 91.4 Å². The lowest BCUT2D eigenvalue weighted by Crippen LogP contribution is -2.41. The van der Waals surface area contributed by atoms with Crippen molar-refractivity contribution in [3.05, 3.63) is 128 Å². The fourth-order valence-electron chi connectivity index (χ4n) is 5.56. The van der Waals surface area contributed by atoms with E-state index >= 15 is 0 Å². The number of furan rings is 1. The summed E-state index contributed by atoms with van der Waals surface area (Å²) in [5.74, 6) is -1.84. The molecule has 0 unspecified atom stereocenters. The third kappa shape index (κ3) is 12.3. The minimum Gasteiger partial charge on any atom is -0.478 e. The highest BCUT2D eigenvalue weighted by atomic mass is 79.9. The molecule has 2 aromatic heterocycles. The Morgan fingerprint density at radius 2 is 1.59 bits per heavy atom. The number of carboxylic acids is 1. The number of hydrogen-bond donors (Lipinski definition) is 2. The van der Waals surface area contributed by atoms with Crippen LogP contribution in [0.3, 0.4) is 0 Å². The van der Waals surface area contributed by atoms with Gasteiger partial charge in [-0.2, -0.15) is 18.4 Å². The molecule has 0 aliphatic carbocycles. The van der Waals surface area contributed by atoms with Gasteiger partial charge in [-0.15, -0.1) is 0 Å². The van der Waals surface area contributed by atoms with Gasteiger partial charge in [-0.25, -0.2) is 4.79 Å². The van der Waals surface area contributed by atoms with Crippen LogP contribution in [0.15, 0.2) is 87.8 Å². The molecule has 1 aliphatic heterocycles. The van der Waals surface area contributed by atoms with E-state index in [9.17, 15) is 22.8 Å². The van der Waals surface area contributed by atoms with Gasteiger partial charge in [-0.05, 0) is 108 Å². The number of carboxylic acid groups (broad SMARTS) is 1. The number of ether oxygens (including phenoxy) is 1. The quantitative estimate of drug-likeness (QED) is 0.0954. The van der Waals surface area contributed by atoms with Gasteiger partial charge in [0.05, 0.1) is 51.8 Å². The molecule has 3 aromatic carbocycles. The molecule has 314 valence electrons. The van der Waals surface area contributed by atoms with Crippen LogP contribution in [0.5, 0.6) is 0 Å². The predicted octanol–water partition coefficient (Wildman–Crippen LogP) is 9.96. The van der Waals surface area contributed by atoms with E-state index in [0.29, 0.717) is 28.4 Å². The summed E-state index contributed by atoms with van der Waals surface area (Å²) in [6, 6.07) is 24.8. The zero-order chi connectivity index (χ0) is 44.5. The third-order valence-corrected chi connectivity index (χ3v) is 11.0. The molecule has 0 radical (unpaired) electrons. The zero-order valence-electron chi connectivity index (χ0n) is 34.3. The molecule has 1 aliphatic rings. The van der Waals surface area contributed by atoms with Gasteiger partial charge in [0.1, 0.15) is 5.76 Å². The van der Waals surface area contributed by atoms with Gasteiger partial charge in [-0.1, -0.05) is 80.4 Å². The molecule has 0 amide bonds. The van der Waals surface area contributed by atoms with E-state index in [-0.39, 0.29) is 22.9 Å². The molecule has 0 atom stereocenters. The van der Waals surface area contributed by atoms with Crippen LogP contribution in [0.4, 0.5) is 13.2 Å². The standard InChI is InChI=1S/C17H25BO4.C12H11NO2.C8H7BrN2.C6H4BrF3O/c1-15(2,14(19)20-7)12-9-8-10-13(11-12)18-21-16(3,4)17(5,6)22-18;1-7-8(2)13-10-6-4-3-5-9(10)11(7)12(14)15;9-8-2-1-6(4-10)7(3-8)5-11;7-3-4-1-2-5(11-4)6(8,9)10/h8-11H,1-7H3;3-6H,1-2H3,(H,14,15);1-3H,4,10H2;1-2H,3H2. The highest BCUT2D eigenvalue weighted by Gasteiger charge is 2.52. The van der Waals surface area contributed by atoms with E-state index in [1.807, 2.05) is 103 Å². The molecule has 3 N–H and O–H groups in total. The van der Waals surface area contributed by atoms with Crippen molar-refractivity contribution in [2.75, 3.05) is 7.11 Å². The Hall–Kier alpha value is -4.53. The van der Waals surface area contributed by atoms with Crippen molar-refractivity contribution in [2.24, 2.45) is 5.73 Å². The van der Waals surface area contributed by atoms with E-state index in [1.54, 1.807) is 19.1 Å². The number of fused-ring (bicyclic) bond motifs is 1. The first-order valence-corrected chi connectivity index (χ1v) is 20.1. The summed E-state index contributed by atoms with van der Waals surface area (Å²) in [6.07, 6.45) is -4.37. The molecule has 0 bridgehead atoms. The number of esters is 1. The number of methoxy groups -OCH3 is 1. The van der Waals surface area contributed by atoms with Gasteiger partial charge in [0.2, 0.25) is 5.76 Å². The van der Waals surface area contributed by atoms with Gasteiger partial charge >= 0.3 is 25.2 Å². The van der Waals surface area contributed by atoms with Crippen molar-refractivity contribution in [3.63, 3.8) is 0 Å². The number of nitrogens with zero attached hydrogens (tertiary/aromatic N) is 2. The average Bonchev–Trinajstić information content (AvgIpc) is 3.77. The normalized spacial score (nSPS) is 14.1. The van der Waals surface area contributed by atoms with Crippen LogP contribution in [-0.2, 0) is 42.3 Å². The topological polar surface area (TPSA) is 158 Å². The number of aromatic carboxylic acids is 1. The lowest BCUT2D eigenvalue weighted by molar-refractivity contribution is -0.153. The van der Waals surface area contributed by atoms with Crippen molar-refractivity contribution < 1.29 is 46.3 Å². The number of pyridine rings is 1. The first-order chi connectivity index (χ1) is 27.4. The van der Waals surface area contributed by atoms with Gasteiger partial charge in [0.25, 0.3) is 0 Å². The third-order valence-electron chi connectivity index (χ3n) is 9.91. The van der Waals surface area contributed by atoms with Crippen LogP contribution < -0.4 is 11.2 Å². The summed E-state index contributed by atoms with van der Waals surface area (Å²) in [6.45, 7) is 15.8. The number of rotatable bonds is 6.